The molecule has 0 saturated carbocycles. The minimum atomic E-state index is -0.251. The Bertz CT molecular complexity index is 689. The van der Waals surface area contributed by atoms with Crippen LogP contribution in [0.2, 0.25) is 0 Å². The van der Waals surface area contributed by atoms with Crippen molar-refractivity contribution in [2.45, 2.75) is 12.8 Å². The minimum Gasteiger partial charge on any atom is -0.321 e. The molecule has 1 N–H and O–H groups in total. The van der Waals surface area contributed by atoms with Crippen molar-refractivity contribution < 1.29 is 4.79 Å². The lowest BCUT2D eigenvalue weighted by Gasteiger charge is -2.09. The molecule has 0 bridgehead atoms. The lowest BCUT2D eigenvalue weighted by atomic mass is 10.1. The van der Waals surface area contributed by atoms with Crippen LogP contribution in [-0.4, -0.2) is 5.91 Å². The molecule has 0 atom stereocenters. The van der Waals surface area contributed by atoms with Crippen LogP contribution in [0, 0.1) is 18.3 Å². The first kappa shape index (κ1) is 14.1. The van der Waals surface area contributed by atoms with E-state index in [4.69, 9.17) is 16.9 Å². The van der Waals surface area contributed by atoms with E-state index in [-0.39, 0.29) is 5.91 Å². The smallest absolute Gasteiger partial charge is 0.255 e. The van der Waals surface area contributed by atoms with Crippen molar-refractivity contribution in [1.82, 2.24) is 0 Å². The van der Waals surface area contributed by atoms with Crippen molar-refractivity contribution >= 4 is 23.2 Å². The maximum absolute atomic E-state index is 12.2. The van der Waals surface area contributed by atoms with Gasteiger partial charge in [0.15, 0.2) is 0 Å². The standard InChI is InChI=1S/C16H13ClN2O/c1-11-4-2-7-15(14(11)10-18)19-16(20)13-6-3-5-12(8-13)9-17/h2-8H,9H2,1H3,(H,19,20). The number of hydrogen-bond acceptors (Lipinski definition) is 2. The summed E-state index contributed by atoms with van der Waals surface area (Å²) in [6.45, 7) is 1.84. The van der Waals surface area contributed by atoms with Gasteiger partial charge in [-0.3, -0.25) is 4.79 Å². The fourth-order valence-electron chi connectivity index (χ4n) is 1.91. The topological polar surface area (TPSA) is 52.9 Å². The van der Waals surface area contributed by atoms with E-state index in [2.05, 4.69) is 11.4 Å². The first-order valence-corrected chi connectivity index (χ1v) is 6.65. The number of benzene rings is 2. The molecule has 0 saturated heterocycles. The summed E-state index contributed by atoms with van der Waals surface area (Å²) >= 11 is 5.76. The van der Waals surface area contributed by atoms with E-state index in [0.29, 0.717) is 22.7 Å². The van der Waals surface area contributed by atoms with Crippen LogP contribution in [0.3, 0.4) is 0 Å². The van der Waals surface area contributed by atoms with Crippen LogP contribution in [0.5, 0.6) is 0 Å². The summed E-state index contributed by atoms with van der Waals surface area (Å²) in [6, 6.07) is 14.6. The quantitative estimate of drug-likeness (QED) is 0.870. The molecule has 4 heteroatoms. The summed E-state index contributed by atoms with van der Waals surface area (Å²) in [5, 5.41) is 11.9. The number of nitriles is 1. The first-order chi connectivity index (χ1) is 9.65. The largest absolute Gasteiger partial charge is 0.321 e. The van der Waals surface area contributed by atoms with E-state index in [0.717, 1.165) is 11.1 Å². The lowest BCUT2D eigenvalue weighted by Crippen LogP contribution is -2.13. The molecule has 0 unspecified atom stereocenters. The highest BCUT2D eigenvalue weighted by molar-refractivity contribution is 6.17. The molecule has 0 spiro atoms. The Kier molecular flexibility index (Phi) is 4.39. The van der Waals surface area contributed by atoms with Gasteiger partial charge in [0.2, 0.25) is 0 Å². The van der Waals surface area contributed by atoms with Crippen molar-refractivity contribution in [3.63, 3.8) is 0 Å². The molecule has 3 nitrogen and oxygen atoms in total. The number of hydrogen-bond donors (Lipinski definition) is 1. The van der Waals surface area contributed by atoms with E-state index in [1.54, 1.807) is 30.3 Å². The molecule has 0 aromatic heterocycles. The molecular weight excluding hydrogens is 272 g/mol. The maximum Gasteiger partial charge on any atom is 0.255 e. The molecule has 0 heterocycles. The van der Waals surface area contributed by atoms with Gasteiger partial charge in [0.25, 0.3) is 5.91 Å². The van der Waals surface area contributed by atoms with Crippen LogP contribution in [0.15, 0.2) is 42.5 Å². The van der Waals surface area contributed by atoms with E-state index < -0.39 is 0 Å². The number of aryl methyl sites for hydroxylation is 1. The van der Waals surface area contributed by atoms with Gasteiger partial charge in [0.1, 0.15) is 6.07 Å². The molecule has 0 radical (unpaired) electrons. The van der Waals surface area contributed by atoms with E-state index >= 15 is 0 Å². The molecule has 0 aliphatic rings. The van der Waals surface area contributed by atoms with Gasteiger partial charge in [-0.15, -0.1) is 11.6 Å². The van der Waals surface area contributed by atoms with Crippen molar-refractivity contribution in [2.24, 2.45) is 0 Å². The summed E-state index contributed by atoms with van der Waals surface area (Å²) in [7, 11) is 0. The van der Waals surface area contributed by atoms with Gasteiger partial charge < -0.3 is 5.32 Å². The highest BCUT2D eigenvalue weighted by atomic mass is 35.5. The van der Waals surface area contributed by atoms with Crippen molar-refractivity contribution in [1.29, 1.82) is 5.26 Å². The molecular formula is C16H13ClN2O. The highest BCUT2D eigenvalue weighted by Gasteiger charge is 2.10. The number of nitrogens with zero attached hydrogens (tertiary/aromatic N) is 1. The summed E-state index contributed by atoms with van der Waals surface area (Å²) < 4.78 is 0. The summed E-state index contributed by atoms with van der Waals surface area (Å²) in [5.74, 6) is 0.105. The van der Waals surface area contributed by atoms with Crippen LogP contribution < -0.4 is 5.32 Å². The normalized spacial score (nSPS) is 9.85. The second kappa shape index (κ2) is 6.23. The third kappa shape index (κ3) is 2.98. The number of carbonyl (C=O) groups is 1. The number of alkyl halides is 1. The third-order valence-corrected chi connectivity index (χ3v) is 3.28. The van der Waals surface area contributed by atoms with Crippen LogP contribution in [0.4, 0.5) is 5.69 Å². The van der Waals surface area contributed by atoms with Crippen molar-refractivity contribution in [3.05, 3.63) is 64.7 Å². The second-order valence-electron chi connectivity index (χ2n) is 4.40. The SMILES string of the molecule is Cc1cccc(NC(=O)c2cccc(CCl)c2)c1C#N. The Balaban J connectivity index is 2.28. The van der Waals surface area contributed by atoms with Gasteiger partial charge in [0, 0.05) is 11.4 Å². The molecule has 2 aromatic carbocycles. The zero-order valence-corrected chi connectivity index (χ0v) is 11.7. The number of amides is 1. The Morgan fingerprint density at radius 3 is 2.75 bits per heavy atom. The molecule has 1 amide bonds. The first-order valence-electron chi connectivity index (χ1n) is 6.11. The van der Waals surface area contributed by atoms with E-state index in [1.807, 2.05) is 19.1 Å². The predicted octanol–water partition coefficient (Wildman–Crippen LogP) is 3.86. The zero-order valence-electron chi connectivity index (χ0n) is 11.0. The summed E-state index contributed by atoms with van der Waals surface area (Å²) in [6.07, 6.45) is 0. The molecule has 0 fully saturated rings. The van der Waals surface area contributed by atoms with Gasteiger partial charge in [0.05, 0.1) is 11.3 Å². The molecule has 100 valence electrons. The van der Waals surface area contributed by atoms with Gasteiger partial charge in [-0.05, 0) is 36.2 Å². The Labute approximate surface area is 122 Å². The van der Waals surface area contributed by atoms with Crippen LogP contribution in [0.25, 0.3) is 0 Å². The molecule has 20 heavy (non-hydrogen) atoms. The van der Waals surface area contributed by atoms with Crippen molar-refractivity contribution in [2.75, 3.05) is 5.32 Å². The minimum absolute atomic E-state index is 0.251. The average Bonchev–Trinajstić information content (AvgIpc) is 2.47. The monoisotopic (exact) mass is 284 g/mol. The van der Waals surface area contributed by atoms with Gasteiger partial charge in [-0.25, -0.2) is 0 Å². The zero-order chi connectivity index (χ0) is 14.5. The lowest BCUT2D eigenvalue weighted by molar-refractivity contribution is 0.102. The fourth-order valence-corrected chi connectivity index (χ4v) is 2.08. The van der Waals surface area contributed by atoms with Gasteiger partial charge in [-0.2, -0.15) is 5.26 Å². The predicted molar refractivity (Wildman–Crippen MR) is 79.8 cm³/mol. The number of anilines is 1. The van der Waals surface area contributed by atoms with E-state index in [9.17, 15) is 4.79 Å². The number of carbonyl (C=O) groups excluding carboxylic acids is 1. The third-order valence-electron chi connectivity index (χ3n) is 2.98. The van der Waals surface area contributed by atoms with Crippen LogP contribution in [0.1, 0.15) is 27.0 Å². The van der Waals surface area contributed by atoms with Crippen LogP contribution in [-0.2, 0) is 5.88 Å². The molecule has 0 aliphatic heterocycles. The maximum atomic E-state index is 12.2. The molecule has 2 rings (SSSR count). The molecule has 0 aliphatic carbocycles. The Morgan fingerprint density at radius 1 is 1.30 bits per heavy atom. The number of halogens is 1. The average molecular weight is 285 g/mol. The van der Waals surface area contributed by atoms with Crippen LogP contribution >= 0.6 is 11.6 Å². The summed E-state index contributed by atoms with van der Waals surface area (Å²) in [5.41, 5.74) is 3.24. The fraction of sp³-hybridized carbons (Fsp3) is 0.125. The van der Waals surface area contributed by atoms with Crippen molar-refractivity contribution in [3.8, 4) is 6.07 Å². The van der Waals surface area contributed by atoms with E-state index in [1.165, 1.54) is 0 Å². The number of rotatable bonds is 3. The molecule has 2 aromatic rings. The summed E-state index contributed by atoms with van der Waals surface area (Å²) in [4.78, 5) is 12.2. The second-order valence-corrected chi connectivity index (χ2v) is 4.66. The Morgan fingerprint density at radius 2 is 2.05 bits per heavy atom. The highest BCUT2D eigenvalue weighted by Crippen LogP contribution is 2.19. The number of nitrogens with one attached hydrogen (secondary N) is 1. The van der Waals surface area contributed by atoms with Gasteiger partial charge in [-0.1, -0.05) is 24.3 Å². The Hall–Kier alpha value is -2.31. The van der Waals surface area contributed by atoms with Gasteiger partial charge >= 0.3 is 0 Å².